The molecule has 142 valence electrons. The van der Waals surface area contributed by atoms with Gasteiger partial charge in [0.25, 0.3) is 0 Å². The predicted octanol–water partition coefficient (Wildman–Crippen LogP) is 3.79. The summed E-state index contributed by atoms with van der Waals surface area (Å²) in [6, 6.07) is 17.2. The Morgan fingerprint density at radius 1 is 1.00 bits per heavy atom. The van der Waals surface area contributed by atoms with Crippen molar-refractivity contribution in [2.45, 2.75) is 16.7 Å². The Hall–Kier alpha value is -2.09. The highest BCUT2D eigenvalue weighted by Crippen LogP contribution is 2.27. The number of rotatable bonds is 9. The first-order valence-corrected chi connectivity index (χ1v) is 11.2. The first kappa shape index (κ1) is 21.2. The first-order chi connectivity index (χ1) is 13.0. The molecule has 2 aromatic carbocycles. The highest BCUT2D eigenvalue weighted by molar-refractivity contribution is 7.99. The molecule has 0 spiro atoms. The number of benzene rings is 2. The molecule has 2 aromatic rings. The first-order valence-electron chi connectivity index (χ1n) is 8.19. The normalized spacial score (nSPS) is 11.5. The summed E-state index contributed by atoms with van der Waals surface area (Å²) >= 11 is 1.61. The van der Waals surface area contributed by atoms with Crippen molar-refractivity contribution in [2.24, 2.45) is 5.16 Å². The van der Waals surface area contributed by atoms with E-state index in [4.69, 9.17) is 4.74 Å². The van der Waals surface area contributed by atoms with Gasteiger partial charge in [-0.05, 0) is 36.4 Å². The van der Waals surface area contributed by atoms with Crippen LogP contribution >= 0.6 is 11.8 Å². The monoisotopic (exact) mass is 404 g/mol. The Morgan fingerprint density at radius 3 is 2.22 bits per heavy atom. The Kier molecular flexibility index (Phi) is 8.57. The van der Waals surface area contributed by atoms with Crippen LogP contribution in [0.4, 0.5) is 0 Å². The van der Waals surface area contributed by atoms with Gasteiger partial charge in [0.1, 0.15) is 6.61 Å². The second-order valence-corrected chi connectivity index (χ2v) is 9.20. The van der Waals surface area contributed by atoms with Crippen LogP contribution in [0.25, 0.3) is 0 Å². The van der Waals surface area contributed by atoms with Crippen LogP contribution in [0.2, 0.25) is 0 Å². The summed E-state index contributed by atoms with van der Waals surface area (Å²) in [5.41, 5.74) is 0.535. The molecule has 0 fully saturated rings. The van der Waals surface area contributed by atoms with Crippen LogP contribution < -0.4 is 0 Å². The summed E-state index contributed by atoms with van der Waals surface area (Å²) < 4.78 is 5.50. The van der Waals surface area contributed by atoms with Gasteiger partial charge in [-0.25, -0.2) is 4.79 Å². The molecule has 0 saturated carbocycles. The van der Waals surface area contributed by atoms with Crippen LogP contribution in [-0.2, 0) is 25.3 Å². The zero-order chi connectivity index (χ0) is 19.6. The maximum atomic E-state index is 12.7. The average Bonchev–Trinajstić information content (AvgIpc) is 2.65. The fourth-order valence-corrected chi connectivity index (χ4v) is 3.28. The van der Waals surface area contributed by atoms with Gasteiger partial charge in [-0.1, -0.05) is 35.1 Å². The van der Waals surface area contributed by atoms with Crippen LogP contribution in [0.1, 0.15) is 17.3 Å². The molecule has 2 rings (SSSR count). The number of hydrogen-bond donors (Lipinski definition) is 0. The van der Waals surface area contributed by atoms with Crippen molar-refractivity contribution in [1.82, 2.24) is 0 Å². The Morgan fingerprint density at radius 2 is 1.63 bits per heavy atom. The van der Waals surface area contributed by atoms with E-state index in [0.29, 0.717) is 11.5 Å². The summed E-state index contributed by atoms with van der Waals surface area (Å²) in [4.78, 5) is 30.5. The Balaban J connectivity index is 2.08. The third-order valence-electron chi connectivity index (χ3n) is 3.20. The van der Waals surface area contributed by atoms with Crippen molar-refractivity contribution in [3.05, 3.63) is 60.2 Å². The molecule has 0 N–H and O–H groups in total. The number of oxime groups is 1. The highest BCUT2D eigenvalue weighted by Gasteiger charge is 2.17. The van der Waals surface area contributed by atoms with Crippen LogP contribution in [0, 0.1) is 0 Å². The molecule has 0 aliphatic heterocycles. The lowest BCUT2D eigenvalue weighted by atomic mass is 10.1. The van der Waals surface area contributed by atoms with Gasteiger partial charge in [-0.3, -0.25) is 4.79 Å². The van der Waals surface area contributed by atoms with Gasteiger partial charge in [0.2, 0.25) is 11.7 Å². The Bertz CT molecular complexity index is 789. The maximum Gasteiger partial charge on any atom is 0.331 e. The van der Waals surface area contributed by atoms with E-state index >= 15 is 0 Å². The molecule has 5 nitrogen and oxygen atoms in total. The van der Waals surface area contributed by atoms with E-state index in [1.807, 2.05) is 55.0 Å². The minimum Gasteiger partial charge on any atom is -0.329 e. The van der Waals surface area contributed by atoms with Gasteiger partial charge in [-0.2, -0.15) is 0 Å². The quantitative estimate of drug-likeness (QED) is 0.209. The van der Waals surface area contributed by atoms with Crippen molar-refractivity contribution in [1.29, 1.82) is 0 Å². The van der Waals surface area contributed by atoms with E-state index < -0.39 is 5.97 Å². The molecule has 27 heavy (non-hydrogen) atoms. The zero-order valence-electron chi connectivity index (χ0n) is 15.5. The molecule has 7 heteroatoms. The number of ether oxygens (including phenoxy) is 1. The number of nitrogens with zero attached hydrogens (tertiary/aromatic N) is 1. The number of carbonyl (C=O) groups excluding carboxylic acids is 2. The lowest BCUT2D eigenvalue weighted by molar-refractivity contribution is -0.140. The minimum absolute atomic E-state index is 0.00217. The number of Topliss-reactive ketones (excluding diaryl/α,β-unsaturated/α-hetero) is 1. The van der Waals surface area contributed by atoms with Gasteiger partial charge in [0.05, 0.1) is 12.5 Å². The predicted molar refractivity (Wildman–Crippen MR) is 111 cm³/mol. The third kappa shape index (κ3) is 7.58. The molecular formula is C20H22NO4S2+. The van der Waals surface area contributed by atoms with Crippen LogP contribution in [-0.4, -0.2) is 42.5 Å². The van der Waals surface area contributed by atoms with Gasteiger partial charge in [0, 0.05) is 33.2 Å². The molecule has 0 aliphatic rings. The van der Waals surface area contributed by atoms with Gasteiger partial charge < -0.3 is 9.57 Å². The molecule has 0 unspecified atom stereocenters. The van der Waals surface area contributed by atoms with E-state index in [1.54, 1.807) is 23.9 Å². The molecular weight excluding hydrogens is 382 g/mol. The minimum atomic E-state index is -0.583. The van der Waals surface area contributed by atoms with E-state index in [2.05, 4.69) is 9.99 Å². The summed E-state index contributed by atoms with van der Waals surface area (Å²) in [6.07, 6.45) is 4.07. The van der Waals surface area contributed by atoms with Crippen molar-refractivity contribution < 1.29 is 19.2 Å². The molecule has 0 aliphatic carbocycles. The zero-order valence-corrected chi connectivity index (χ0v) is 17.1. The highest BCUT2D eigenvalue weighted by atomic mass is 32.2. The van der Waals surface area contributed by atoms with Crippen LogP contribution in [0.15, 0.2) is 69.5 Å². The molecule has 0 heterocycles. The summed E-state index contributed by atoms with van der Waals surface area (Å²) in [5.74, 6) is -0.390. The Labute approximate surface area is 166 Å². The number of ketones is 1. The lowest BCUT2D eigenvalue weighted by Crippen LogP contribution is -2.23. The van der Waals surface area contributed by atoms with Gasteiger partial charge in [-0.15, -0.1) is 0 Å². The van der Waals surface area contributed by atoms with Crippen molar-refractivity contribution in [2.75, 3.05) is 25.1 Å². The molecule has 0 saturated heterocycles. The van der Waals surface area contributed by atoms with Crippen molar-refractivity contribution in [3.63, 3.8) is 0 Å². The fraction of sp³-hybridized carbons (Fsp3) is 0.250. The summed E-state index contributed by atoms with van der Waals surface area (Å²) in [7, 11) is 0.0759. The van der Waals surface area contributed by atoms with E-state index in [0.717, 1.165) is 9.79 Å². The SMILES string of the molecule is CC(=O)ON=C(COC[S+](C)C)C(=O)c1ccc(Sc2ccccc2)cc1. The topological polar surface area (TPSA) is 65.0 Å². The summed E-state index contributed by atoms with van der Waals surface area (Å²) in [5, 5.41) is 3.68. The fourth-order valence-electron chi connectivity index (χ4n) is 2.02. The lowest BCUT2D eigenvalue weighted by Gasteiger charge is -2.07. The van der Waals surface area contributed by atoms with Crippen LogP contribution in [0.5, 0.6) is 0 Å². The summed E-state index contributed by atoms with van der Waals surface area (Å²) in [6.45, 7) is 1.23. The van der Waals surface area contributed by atoms with E-state index in [-0.39, 0.29) is 29.0 Å². The molecule has 0 atom stereocenters. The standard InChI is InChI=1S/C20H22NO4S2/c1-15(22)25-21-19(13-24-14-27(2)3)20(23)16-9-11-18(12-10-16)26-17-7-5-4-6-8-17/h4-12H,13-14H2,1-3H3/q+1. The van der Waals surface area contributed by atoms with E-state index in [1.165, 1.54) is 6.92 Å². The van der Waals surface area contributed by atoms with E-state index in [9.17, 15) is 9.59 Å². The average molecular weight is 405 g/mol. The molecule has 0 bridgehead atoms. The smallest absolute Gasteiger partial charge is 0.329 e. The molecule has 0 amide bonds. The largest absolute Gasteiger partial charge is 0.331 e. The maximum absolute atomic E-state index is 12.7. The second-order valence-electron chi connectivity index (χ2n) is 5.84. The van der Waals surface area contributed by atoms with Gasteiger partial charge >= 0.3 is 5.97 Å². The van der Waals surface area contributed by atoms with Gasteiger partial charge in [0.15, 0.2) is 5.71 Å². The van der Waals surface area contributed by atoms with Crippen molar-refractivity contribution >= 4 is 40.1 Å². The molecule has 0 aromatic heterocycles. The second kappa shape index (κ2) is 10.9. The van der Waals surface area contributed by atoms with Crippen molar-refractivity contribution in [3.8, 4) is 0 Å². The number of carbonyl (C=O) groups is 2. The van der Waals surface area contributed by atoms with Crippen LogP contribution in [0.3, 0.4) is 0 Å². The molecule has 0 radical (unpaired) electrons. The number of hydrogen-bond acceptors (Lipinski definition) is 6. The third-order valence-corrected chi connectivity index (χ3v) is 4.85.